The molecule has 162 valence electrons. The van der Waals surface area contributed by atoms with Gasteiger partial charge in [-0.2, -0.15) is 13.2 Å². The summed E-state index contributed by atoms with van der Waals surface area (Å²) < 4.78 is 50.2. The topological polar surface area (TPSA) is 73.3 Å². The van der Waals surface area contributed by atoms with E-state index in [1.807, 2.05) is 0 Å². The zero-order valence-corrected chi connectivity index (χ0v) is 17.1. The molecule has 1 saturated heterocycles. The number of nitrogens with one attached hydrogen (secondary N) is 1. The highest BCUT2D eigenvalue weighted by Gasteiger charge is 2.33. The minimum atomic E-state index is -4.41. The molecule has 2 heterocycles. The van der Waals surface area contributed by atoms with E-state index in [0.29, 0.717) is 35.1 Å². The van der Waals surface area contributed by atoms with Crippen LogP contribution in [0.1, 0.15) is 52.7 Å². The molecular weight excluding hydrogens is 399 g/mol. The fourth-order valence-electron chi connectivity index (χ4n) is 3.62. The molecule has 9 heteroatoms. The average Bonchev–Trinajstić information content (AvgIpc) is 3.20. The highest BCUT2D eigenvalue weighted by molar-refractivity contribution is 5.73. The van der Waals surface area contributed by atoms with Crippen molar-refractivity contribution in [2.24, 2.45) is 0 Å². The average molecular weight is 423 g/mol. The number of carbonyl (C=O) groups excluding carboxylic acids is 1. The van der Waals surface area contributed by atoms with E-state index in [1.165, 1.54) is 20.1 Å². The quantitative estimate of drug-likeness (QED) is 0.699. The Labute approximate surface area is 172 Å². The summed E-state index contributed by atoms with van der Waals surface area (Å²) in [5, 5.41) is 3.15. The number of ether oxygens (including phenoxy) is 2. The minimum absolute atomic E-state index is 0.0354. The molecule has 0 radical (unpaired) electrons. The first-order valence-electron chi connectivity index (χ1n) is 9.66. The van der Waals surface area contributed by atoms with E-state index in [9.17, 15) is 18.0 Å². The van der Waals surface area contributed by atoms with Crippen molar-refractivity contribution in [2.45, 2.75) is 51.9 Å². The Bertz CT molecular complexity index is 926. The predicted octanol–water partition coefficient (Wildman–Crippen LogP) is 4.29. The first-order valence-corrected chi connectivity index (χ1v) is 9.66. The first-order chi connectivity index (χ1) is 14.2. The van der Waals surface area contributed by atoms with Gasteiger partial charge in [0.05, 0.1) is 30.9 Å². The maximum Gasteiger partial charge on any atom is 0.416 e. The van der Waals surface area contributed by atoms with E-state index in [2.05, 4.69) is 15.3 Å². The third-order valence-electron chi connectivity index (χ3n) is 5.13. The second-order valence-electron chi connectivity index (χ2n) is 7.18. The number of benzene rings is 1. The largest absolute Gasteiger partial charge is 0.469 e. The van der Waals surface area contributed by atoms with Gasteiger partial charge in [0, 0.05) is 18.7 Å². The number of carbonyl (C=O) groups is 1. The summed E-state index contributed by atoms with van der Waals surface area (Å²) in [7, 11) is 1.30. The van der Waals surface area contributed by atoms with Crippen LogP contribution in [0.4, 0.5) is 19.0 Å². The van der Waals surface area contributed by atoms with E-state index >= 15 is 0 Å². The minimum Gasteiger partial charge on any atom is -0.469 e. The van der Waals surface area contributed by atoms with Crippen molar-refractivity contribution >= 4 is 11.8 Å². The van der Waals surface area contributed by atoms with Crippen molar-refractivity contribution in [2.75, 3.05) is 19.0 Å². The van der Waals surface area contributed by atoms with E-state index in [0.717, 1.165) is 18.9 Å². The van der Waals surface area contributed by atoms with Crippen LogP contribution in [0.5, 0.6) is 0 Å². The van der Waals surface area contributed by atoms with E-state index in [4.69, 9.17) is 9.47 Å². The Morgan fingerprint density at radius 1 is 1.30 bits per heavy atom. The van der Waals surface area contributed by atoms with E-state index in [1.54, 1.807) is 13.0 Å². The van der Waals surface area contributed by atoms with Gasteiger partial charge < -0.3 is 14.8 Å². The SMILES string of the molecule is COC(=O)Cc1nc(C)nc(NCc2cccc(C(F)(F)F)c2C)c1C1CCCO1. The molecule has 0 spiro atoms. The summed E-state index contributed by atoms with van der Waals surface area (Å²) in [6.45, 7) is 3.88. The molecule has 1 aliphatic heterocycles. The lowest BCUT2D eigenvalue weighted by Gasteiger charge is -2.20. The van der Waals surface area contributed by atoms with Gasteiger partial charge in [-0.15, -0.1) is 0 Å². The molecule has 0 saturated carbocycles. The molecular formula is C21H24F3N3O3. The molecule has 3 rings (SSSR count). The number of anilines is 1. The number of methoxy groups -OCH3 is 1. The predicted molar refractivity (Wildman–Crippen MR) is 104 cm³/mol. The fourth-order valence-corrected chi connectivity index (χ4v) is 3.62. The van der Waals surface area contributed by atoms with Crippen LogP contribution in [0.3, 0.4) is 0 Å². The summed E-state index contributed by atoms with van der Waals surface area (Å²) in [6, 6.07) is 4.11. The summed E-state index contributed by atoms with van der Waals surface area (Å²) in [4.78, 5) is 20.7. The van der Waals surface area contributed by atoms with Crippen LogP contribution in [0.2, 0.25) is 0 Å². The molecule has 1 aliphatic rings. The van der Waals surface area contributed by atoms with Crippen LogP contribution in [-0.4, -0.2) is 29.7 Å². The van der Waals surface area contributed by atoms with Crippen LogP contribution >= 0.6 is 0 Å². The van der Waals surface area contributed by atoms with Gasteiger partial charge in [0.25, 0.3) is 0 Å². The number of hydrogen-bond donors (Lipinski definition) is 1. The van der Waals surface area contributed by atoms with Crippen LogP contribution < -0.4 is 5.32 Å². The molecule has 1 aromatic heterocycles. The monoisotopic (exact) mass is 423 g/mol. The van der Waals surface area contributed by atoms with Gasteiger partial charge in [0.1, 0.15) is 11.6 Å². The molecule has 1 aromatic carbocycles. The number of rotatable bonds is 6. The number of hydrogen-bond acceptors (Lipinski definition) is 6. The zero-order chi connectivity index (χ0) is 21.9. The van der Waals surface area contributed by atoms with E-state index < -0.39 is 17.7 Å². The third kappa shape index (κ3) is 4.89. The summed E-state index contributed by atoms with van der Waals surface area (Å²) in [5.41, 5.74) is 1.18. The second-order valence-corrected chi connectivity index (χ2v) is 7.18. The standard InChI is InChI=1S/C21H24F3N3O3/c1-12-14(6-4-7-15(12)21(22,23)24)11-25-20-19(17-8-5-9-30-17)16(10-18(28)29-3)26-13(2)27-20/h4,6-7,17H,5,8-11H2,1-3H3,(H,25,26,27). The van der Waals surface area contributed by atoms with Crippen LogP contribution in [-0.2, 0) is 33.4 Å². The Morgan fingerprint density at radius 2 is 2.07 bits per heavy atom. The molecule has 30 heavy (non-hydrogen) atoms. The van der Waals surface area contributed by atoms with Crippen LogP contribution in [0, 0.1) is 13.8 Å². The van der Waals surface area contributed by atoms with Gasteiger partial charge in [0.2, 0.25) is 0 Å². The van der Waals surface area contributed by atoms with Crippen molar-refractivity contribution in [1.29, 1.82) is 0 Å². The summed E-state index contributed by atoms with van der Waals surface area (Å²) >= 11 is 0. The van der Waals surface area contributed by atoms with Crippen molar-refractivity contribution in [3.63, 3.8) is 0 Å². The van der Waals surface area contributed by atoms with Gasteiger partial charge in [-0.05, 0) is 43.9 Å². The molecule has 0 bridgehead atoms. The number of alkyl halides is 3. The van der Waals surface area contributed by atoms with E-state index in [-0.39, 0.29) is 24.6 Å². The van der Waals surface area contributed by atoms with Gasteiger partial charge in [-0.25, -0.2) is 9.97 Å². The van der Waals surface area contributed by atoms with Gasteiger partial charge >= 0.3 is 12.1 Å². The summed E-state index contributed by atoms with van der Waals surface area (Å²) in [5.74, 6) is 0.469. The fraction of sp³-hybridized carbons (Fsp3) is 0.476. The number of aromatic nitrogens is 2. The molecule has 1 fully saturated rings. The van der Waals surface area contributed by atoms with Crippen molar-refractivity contribution in [1.82, 2.24) is 9.97 Å². The number of halogens is 3. The van der Waals surface area contributed by atoms with Gasteiger partial charge in [-0.3, -0.25) is 4.79 Å². The lowest BCUT2D eigenvalue weighted by molar-refractivity contribution is -0.140. The van der Waals surface area contributed by atoms with Crippen molar-refractivity contribution < 1.29 is 27.4 Å². The highest BCUT2D eigenvalue weighted by atomic mass is 19.4. The zero-order valence-electron chi connectivity index (χ0n) is 17.1. The molecule has 0 amide bonds. The molecule has 2 aromatic rings. The third-order valence-corrected chi connectivity index (χ3v) is 5.13. The second kappa shape index (κ2) is 8.99. The Kier molecular flexibility index (Phi) is 6.60. The van der Waals surface area contributed by atoms with Gasteiger partial charge in [0.15, 0.2) is 0 Å². The van der Waals surface area contributed by atoms with Crippen molar-refractivity contribution in [3.8, 4) is 0 Å². The lowest BCUT2D eigenvalue weighted by atomic mass is 10.0. The number of esters is 1. The summed E-state index contributed by atoms with van der Waals surface area (Å²) in [6.07, 6.45) is -3.12. The maximum absolute atomic E-state index is 13.2. The Hall–Kier alpha value is -2.68. The lowest BCUT2D eigenvalue weighted by Crippen LogP contribution is -2.17. The van der Waals surface area contributed by atoms with Crippen LogP contribution in [0.15, 0.2) is 18.2 Å². The first kappa shape index (κ1) is 22.0. The highest BCUT2D eigenvalue weighted by Crippen LogP contribution is 2.36. The number of nitrogens with zero attached hydrogens (tertiary/aromatic N) is 2. The molecule has 1 unspecified atom stereocenters. The molecule has 1 atom stereocenters. The Balaban J connectivity index is 1.95. The molecule has 6 nitrogen and oxygen atoms in total. The molecule has 1 N–H and O–H groups in total. The normalized spacial score (nSPS) is 16.5. The number of aryl methyl sites for hydroxylation is 1. The Morgan fingerprint density at radius 3 is 2.70 bits per heavy atom. The smallest absolute Gasteiger partial charge is 0.416 e. The molecule has 0 aliphatic carbocycles. The van der Waals surface area contributed by atoms with Crippen molar-refractivity contribution in [3.05, 3.63) is 52.0 Å². The maximum atomic E-state index is 13.2. The van der Waals surface area contributed by atoms with Crippen LogP contribution in [0.25, 0.3) is 0 Å². The van der Waals surface area contributed by atoms with Gasteiger partial charge in [-0.1, -0.05) is 12.1 Å².